The Morgan fingerprint density at radius 3 is 2.49 bits per heavy atom. The first-order chi connectivity index (χ1) is 17.4. The zero-order valence-corrected chi connectivity index (χ0v) is 20.9. The molecule has 0 radical (unpaired) electrons. The number of nitrogens with one attached hydrogen (secondary N) is 1. The second kappa shape index (κ2) is 8.88. The Kier molecular flexibility index (Phi) is 6.07. The second-order valence-electron chi connectivity index (χ2n) is 10.5. The van der Waals surface area contributed by atoms with Gasteiger partial charge in [0.2, 0.25) is 0 Å². The monoisotopic (exact) mass is 520 g/mol. The zero-order chi connectivity index (χ0) is 26.7. The molecule has 3 aliphatic rings. The van der Waals surface area contributed by atoms with Crippen molar-refractivity contribution in [2.75, 3.05) is 25.5 Å². The van der Waals surface area contributed by atoms with E-state index in [-0.39, 0.29) is 31.0 Å². The van der Waals surface area contributed by atoms with Gasteiger partial charge < -0.3 is 19.7 Å². The van der Waals surface area contributed by atoms with Gasteiger partial charge in [-0.05, 0) is 25.5 Å². The minimum Gasteiger partial charge on any atom is -0.493 e. The van der Waals surface area contributed by atoms with E-state index in [2.05, 4.69) is 15.3 Å². The number of hydrogen-bond donors (Lipinski definition) is 1. The van der Waals surface area contributed by atoms with Crippen LogP contribution in [0.5, 0.6) is 11.5 Å². The highest BCUT2D eigenvalue weighted by molar-refractivity contribution is 5.92. The quantitative estimate of drug-likeness (QED) is 0.557. The van der Waals surface area contributed by atoms with Crippen molar-refractivity contribution >= 4 is 22.6 Å². The van der Waals surface area contributed by atoms with Crippen molar-refractivity contribution in [3.8, 4) is 11.5 Å². The molecule has 2 unspecified atom stereocenters. The lowest BCUT2D eigenvalue weighted by atomic mass is 9.68. The van der Waals surface area contributed by atoms with Crippen molar-refractivity contribution in [3.63, 3.8) is 0 Å². The van der Waals surface area contributed by atoms with Crippen molar-refractivity contribution in [1.82, 2.24) is 14.9 Å². The van der Waals surface area contributed by atoms with E-state index in [0.29, 0.717) is 40.3 Å². The van der Waals surface area contributed by atoms with Crippen molar-refractivity contribution in [1.29, 1.82) is 0 Å². The molecule has 2 aromatic rings. The summed E-state index contributed by atoms with van der Waals surface area (Å²) in [5.74, 6) is -1.06. The molecule has 7 nitrogen and oxygen atoms in total. The van der Waals surface area contributed by atoms with Crippen LogP contribution in [0.15, 0.2) is 41.9 Å². The highest BCUT2D eigenvalue weighted by Crippen LogP contribution is 2.46. The highest BCUT2D eigenvalue weighted by atomic mass is 19.4. The maximum atomic E-state index is 15.3. The number of fused-ring (bicyclic) bond motifs is 3. The molecule has 4 atom stereocenters. The van der Waals surface area contributed by atoms with Crippen molar-refractivity contribution in [3.05, 3.63) is 41.9 Å². The summed E-state index contributed by atoms with van der Waals surface area (Å²) in [5, 5.41) is 3.69. The predicted octanol–water partition coefficient (Wildman–Crippen LogP) is 5.05. The van der Waals surface area contributed by atoms with Crippen LogP contribution in [0.4, 0.5) is 23.4 Å². The van der Waals surface area contributed by atoms with Crippen molar-refractivity contribution < 1.29 is 31.8 Å². The summed E-state index contributed by atoms with van der Waals surface area (Å²) in [4.78, 5) is 21.1. The van der Waals surface area contributed by atoms with E-state index in [4.69, 9.17) is 9.47 Å². The molecular weight excluding hydrogens is 492 g/mol. The average Bonchev–Trinajstić information content (AvgIpc) is 2.86. The number of benzene rings is 1. The molecule has 1 saturated heterocycles. The van der Waals surface area contributed by atoms with E-state index in [1.54, 1.807) is 18.2 Å². The molecule has 2 heterocycles. The van der Waals surface area contributed by atoms with Gasteiger partial charge in [0.1, 0.15) is 24.4 Å². The lowest BCUT2D eigenvalue weighted by Crippen LogP contribution is -2.63. The molecule has 1 aliphatic heterocycles. The number of likely N-dealkylation sites (tertiary alicyclic amines) is 1. The molecule has 198 valence electrons. The summed E-state index contributed by atoms with van der Waals surface area (Å²) >= 11 is 0. The Morgan fingerprint density at radius 2 is 1.84 bits per heavy atom. The number of hydrogen-bond acceptors (Lipinski definition) is 6. The molecule has 1 amide bonds. The Hall–Kier alpha value is -3.37. The minimum atomic E-state index is -4.89. The molecular formula is C26H28F4N4O3. The van der Waals surface area contributed by atoms with E-state index in [9.17, 15) is 18.0 Å². The zero-order valence-electron chi connectivity index (χ0n) is 20.9. The Labute approximate surface area is 211 Å². The van der Waals surface area contributed by atoms with Gasteiger partial charge >= 0.3 is 12.1 Å². The lowest BCUT2D eigenvalue weighted by Gasteiger charge is -2.52. The van der Waals surface area contributed by atoms with Crippen molar-refractivity contribution in [2.24, 2.45) is 17.3 Å². The van der Waals surface area contributed by atoms with Crippen LogP contribution in [0.2, 0.25) is 0 Å². The van der Waals surface area contributed by atoms with Gasteiger partial charge in [-0.25, -0.2) is 14.4 Å². The predicted molar refractivity (Wildman–Crippen MR) is 129 cm³/mol. The number of ether oxygens (including phenoxy) is 2. The molecule has 1 N–H and O–H groups in total. The van der Waals surface area contributed by atoms with Gasteiger partial charge in [0.25, 0.3) is 0 Å². The average molecular weight is 521 g/mol. The summed E-state index contributed by atoms with van der Waals surface area (Å²) in [5.41, 5.74) is 1.17. The maximum absolute atomic E-state index is 15.3. The van der Waals surface area contributed by atoms with E-state index in [1.807, 2.05) is 26.8 Å². The summed E-state index contributed by atoms with van der Waals surface area (Å²) in [6.45, 7) is 5.54. The number of methoxy groups -OCH3 is 1. The normalized spacial score (nSPS) is 26.6. The Morgan fingerprint density at radius 1 is 1.14 bits per heavy atom. The molecule has 37 heavy (non-hydrogen) atoms. The number of alkyl halides is 4. The Bertz CT molecular complexity index is 1290. The van der Waals surface area contributed by atoms with Crippen LogP contribution in [0.1, 0.15) is 27.2 Å². The van der Waals surface area contributed by atoms with E-state index < -0.39 is 23.7 Å². The van der Waals surface area contributed by atoms with Gasteiger partial charge in [0, 0.05) is 41.8 Å². The molecule has 1 aromatic carbocycles. The largest absolute Gasteiger partial charge is 0.493 e. The van der Waals surface area contributed by atoms with Crippen LogP contribution in [0.25, 0.3) is 10.9 Å². The number of anilines is 1. The van der Waals surface area contributed by atoms with Crippen LogP contribution in [0.3, 0.4) is 0 Å². The van der Waals surface area contributed by atoms with Gasteiger partial charge in [0.15, 0.2) is 11.5 Å². The van der Waals surface area contributed by atoms with E-state index in [0.717, 1.165) is 10.5 Å². The van der Waals surface area contributed by atoms with Crippen LogP contribution >= 0.6 is 0 Å². The maximum Gasteiger partial charge on any atom is 0.471 e. The highest BCUT2D eigenvalue weighted by Gasteiger charge is 2.53. The van der Waals surface area contributed by atoms with Crippen LogP contribution < -0.4 is 14.8 Å². The van der Waals surface area contributed by atoms with Gasteiger partial charge in [-0.3, -0.25) is 4.79 Å². The number of halogens is 4. The van der Waals surface area contributed by atoms with Gasteiger partial charge in [-0.15, -0.1) is 0 Å². The molecule has 5 rings (SSSR count). The first-order valence-corrected chi connectivity index (χ1v) is 12.1. The summed E-state index contributed by atoms with van der Waals surface area (Å²) in [6.07, 6.45) is -0.877. The molecule has 2 fully saturated rings. The first-order valence-electron chi connectivity index (χ1n) is 12.1. The number of nitrogens with zero attached hydrogens (tertiary/aromatic N) is 3. The lowest BCUT2D eigenvalue weighted by molar-refractivity contribution is -0.196. The molecule has 2 bridgehead atoms. The van der Waals surface area contributed by atoms with Gasteiger partial charge in [0.05, 0.1) is 18.3 Å². The third kappa shape index (κ3) is 4.38. The smallest absolute Gasteiger partial charge is 0.471 e. The van der Waals surface area contributed by atoms with Crippen LogP contribution in [0, 0.1) is 17.3 Å². The summed E-state index contributed by atoms with van der Waals surface area (Å²) in [7, 11) is 1.48. The molecule has 2 aliphatic carbocycles. The van der Waals surface area contributed by atoms with Crippen LogP contribution in [-0.4, -0.2) is 59.4 Å². The fourth-order valence-electron chi connectivity index (χ4n) is 5.29. The molecule has 1 saturated carbocycles. The fourth-order valence-corrected chi connectivity index (χ4v) is 5.29. The first kappa shape index (κ1) is 25.3. The molecule has 1 aromatic heterocycles. The number of aromatic nitrogens is 2. The summed E-state index contributed by atoms with van der Waals surface area (Å²) in [6, 6.07) is 3.38. The summed E-state index contributed by atoms with van der Waals surface area (Å²) < 4.78 is 65.7. The third-order valence-electron chi connectivity index (χ3n) is 7.86. The van der Waals surface area contributed by atoms with E-state index in [1.165, 1.54) is 13.4 Å². The number of amides is 1. The number of carbonyl (C=O) groups excluding carboxylic acids is 1. The van der Waals surface area contributed by atoms with Gasteiger partial charge in [-0.1, -0.05) is 25.5 Å². The van der Waals surface area contributed by atoms with Gasteiger partial charge in [-0.2, -0.15) is 13.2 Å². The van der Waals surface area contributed by atoms with E-state index >= 15 is 4.39 Å². The molecule has 0 spiro atoms. The third-order valence-corrected chi connectivity index (χ3v) is 7.86. The topological polar surface area (TPSA) is 76.6 Å². The Balaban J connectivity index is 1.41. The number of rotatable bonds is 5. The second-order valence-corrected chi connectivity index (χ2v) is 10.5. The van der Waals surface area contributed by atoms with Crippen molar-refractivity contribution in [2.45, 2.75) is 45.6 Å². The standard InChI is InChI=1S/C26H28F4N4O3/c1-13-5-6-17(22(27)25(13,2)3)33-23-16-8-20(19(36-4)9-18(16)31-12-32-23)37-21-14-7-15(21)11-34(10-14)24(35)26(28,29)30/h5-6,8-9,12,14-15,21-22H,7,10-11H2,1-4H3,(H,31,32,33)/t14-,15+,21?,22?. The SMILES string of the molecule is COc1cc2ncnc(NC3=CC=C(C)C(C)(C)C3F)c2cc1OC1[C@@H]2C[C@H]1CN(C(=O)C(F)(F)F)C2. The number of carbonyl (C=O) groups is 1. The minimum absolute atomic E-state index is 0.0138. The number of piperidine rings is 2. The molecule has 11 heteroatoms. The number of allylic oxidation sites excluding steroid dienone is 4. The fraction of sp³-hybridized carbons (Fsp3) is 0.500. The van der Waals surface area contributed by atoms with Crippen LogP contribution in [-0.2, 0) is 4.79 Å².